The summed E-state index contributed by atoms with van der Waals surface area (Å²) in [5.74, 6) is 0.446. The molecule has 0 unspecified atom stereocenters. The third-order valence-corrected chi connectivity index (χ3v) is 5.08. The Morgan fingerprint density at radius 1 is 0.923 bits per heavy atom. The number of carbonyl (C=O) groups is 1. The summed E-state index contributed by atoms with van der Waals surface area (Å²) in [5.41, 5.74) is 1.83. The van der Waals surface area contributed by atoms with Gasteiger partial charge in [-0.25, -0.2) is 4.79 Å². The highest BCUT2D eigenvalue weighted by atomic mass is 16.6. The van der Waals surface area contributed by atoms with Crippen LogP contribution in [0.3, 0.4) is 0 Å². The number of carbonyl (C=O) groups excluding carboxylic acids is 1. The average molecular weight is 359 g/mol. The third-order valence-electron chi connectivity index (χ3n) is 5.08. The van der Waals surface area contributed by atoms with E-state index < -0.39 is 6.10 Å². The zero-order valence-corrected chi connectivity index (χ0v) is 16.2. The molecule has 1 aromatic carbocycles. The van der Waals surface area contributed by atoms with Crippen molar-refractivity contribution in [1.29, 1.82) is 0 Å². The lowest BCUT2D eigenvalue weighted by Crippen LogP contribution is -2.26. The molecule has 0 aliphatic carbocycles. The first kappa shape index (κ1) is 20.7. The van der Waals surface area contributed by atoms with E-state index in [1.54, 1.807) is 0 Å². The predicted molar refractivity (Wildman–Crippen MR) is 106 cm³/mol. The predicted octanol–water partition coefficient (Wildman–Crippen LogP) is 5.71. The molecule has 0 spiro atoms. The number of unbranched alkanes of at least 4 members (excludes halogenated alkanes) is 8. The van der Waals surface area contributed by atoms with E-state index in [4.69, 9.17) is 4.74 Å². The lowest BCUT2D eigenvalue weighted by atomic mass is 9.97. The molecule has 0 saturated heterocycles. The molecule has 0 bridgehead atoms. The molecule has 0 radical (unpaired) electrons. The molecule has 144 valence electrons. The van der Waals surface area contributed by atoms with E-state index in [9.17, 15) is 9.90 Å². The van der Waals surface area contributed by atoms with Crippen LogP contribution in [0.25, 0.3) is 0 Å². The van der Waals surface area contributed by atoms with Crippen LogP contribution in [-0.2, 0) is 16.0 Å². The van der Waals surface area contributed by atoms with Crippen LogP contribution in [0, 0.1) is 0 Å². The van der Waals surface area contributed by atoms with Crippen LogP contribution in [0.2, 0.25) is 0 Å². The molecule has 3 heteroatoms. The maximum absolute atomic E-state index is 11.7. The number of ether oxygens (including phenoxy) is 1. The second-order valence-corrected chi connectivity index (χ2v) is 7.43. The van der Waals surface area contributed by atoms with E-state index in [-0.39, 0.29) is 5.97 Å². The minimum atomic E-state index is -0.409. The first-order valence-electron chi connectivity index (χ1n) is 10.4. The second kappa shape index (κ2) is 11.9. The largest absolute Gasteiger partial charge is 0.427 e. The van der Waals surface area contributed by atoms with Crippen molar-refractivity contribution in [2.24, 2.45) is 0 Å². The number of cyclic esters (lactones) is 1. The van der Waals surface area contributed by atoms with E-state index in [0.29, 0.717) is 18.6 Å². The SMILES string of the molecule is CCCCCCCCCCC[C@H](O)CC1=C(Cc2ccccc2)C(=O)O1. The van der Waals surface area contributed by atoms with Gasteiger partial charge >= 0.3 is 5.97 Å². The Morgan fingerprint density at radius 3 is 2.15 bits per heavy atom. The summed E-state index contributed by atoms with van der Waals surface area (Å²) in [6.07, 6.45) is 13.0. The molecule has 1 atom stereocenters. The molecule has 1 aliphatic heterocycles. The van der Waals surface area contributed by atoms with Gasteiger partial charge in [-0.3, -0.25) is 0 Å². The van der Waals surface area contributed by atoms with Gasteiger partial charge in [0.2, 0.25) is 0 Å². The van der Waals surface area contributed by atoms with Gasteiger partial charge in [0.15, 0.2) is 0 Å². The monoisotopic (exact) mass is 358 g/mol. The molecule has 0 aromatic heterocycles. The quantitative estimate of drug-likeness (QED) is 0.342. The van der Waals surface area contributed by atoms with Gasteiger partial charge in [0.1, 0.15) is 5.76 Å². The molecule has 1 heterocycles. The molecule has 3 nitrogen and oxygen atoms in total. The van der Waals surface area contributed by atoms with Crippen molar-refractivity contribution in [2.45, 2.75) is 90.1 Å². The molecule has 1 aromatic rings. The highest BCUT2D eigenvalue weighted by Gasteiger charge is 2.30. The lowest BCUT2D eigenvalue weighted by Gasteiger charge is -2.24. The van der Waals surface area contributed by atoms with Crippen molar-refractivity contribution in [3.63, 3.8) is 0 Å². The van der Waals surface area contributed by atoms with Gasteiger partial charge in [0.25, 0.3) is 0 Å². The summed E-state index contributed by atoms with van der Waals surface area (Å²) in [5, 5.41) is 10.2. The van der Waals surface area contributed by atoms with E-state index in [1.165, 1.54) is 51.4 Å². The molecule has 1 N–H and O–H groups in total. The number of benzene rings is 1. The zero-order valence-electron chi connectivity index (χ0n) is 16.2. The van der Waals surface area contributed by atoms with Crippen molar-refractivity contribution in [1.82, 2.24) is 0 Å². The van der Waals surface area contributed by atoms with Crippen LogP contribution >= 0.6 is 0 Å². The lowest BCUT2D eigenvalue weighted by molar-refractivity contribution is -0.141. The molecular weight excluding hydrogens is 324 g/mol. The van der Waals surface area contributed by atoms with Crippen LogP contribution in [0.4, 0.5) is 0 Å². The summed E-state index contributed by atoms with van der Waals surface area (Å²) in [4.78, 5) is 11.7. The highest BCUT2D eigenvalue weighted by molar-refractivity contribution is 5.95. The highest BCUT2D eigenvalue weighted by Crippen LogP contribution is 2.29. The zero-order chi connectivity index (χ0) is 18.6. The molecular formula is C23H34O3. The van der Waals surface area contributed by atoms with Crippen molar-refractivity contribution in [3.05, 3.63) is 47.2 Å². The number of esters is 1. The van der Waals surface area contributed by atoms with Crippen molar-refractivity contribution < 1.29 is 14.6 Å². The van der Waals surface area contributed by atoms with Crippen LogP contribution in [0.5, 0.6) is 0 Å². The minimum absolute atomic E-state index is 0.237. The molecule has 2 rings (SSSR count). The fourth-order valence-electron chi connectivity index (χ4n) is 3.44. The Hall–Kier alpha value is -1.61. The first-order valence-corrected chi connectivity index (χ1v) is 10.4. The Bertz CT molecular complexity index is 562. The first-order chi connectivity index (χ1) is 12.7. The van der Waals surface area contributed by atoms with Gasteiger partial charge in [-0.2, -0.15) is 0 Å². The fraction of sp³-hybridized carbons (Fsp3) is 0.609. The molecule has 0 fully saturated rings. The number of hydrogen-bond donors (Lipinski definition) is 1. The standard InChI is InChI=1S/C23H34O3/c1-2-3-4-5-6-7-8-9-13-16-20(24)18-22-21(23(25)26-22)17-19-14-11-10-12-15-19/h10-12,14-15,20,24H,2-9,13,16-18H2,1H3/t20-/m0/s1. The number of hydrogen-bond acceptors (Lipinski definition) is 3. The fourth-order valence-corrected chi connectivity index (χ4v) is 3.44. The summed E-state index contributed by atoms with van der Waals surface area (Å²) < 4.78 is 5.17. The van der Waals surface area contributed by atoms with Crippen molar-refractivity contribution in [2.75, 3.05) is 0 Å². The van der Waals surface area contributed by atoms with Gasteiger partial charge in [0, 0.05) is 12.8 Å². The van der Waals surface area contributed by atoms with Gasteiger partial charge in [-0.1, -0.05) is 95.0 Å². The molecule has 0 saturated carbocycles. The Kier molecular flexibility index (Phi) is 9.47. The van der Waals surface area contributed by atoms with E-state index in [1.807, 2.05) is 30.3 Å². The summed E-state index contributed by atoms with van der Waals surface area (Å²) in [7, 11) is 0. The van der Waals surface area contributed by atoms with Gasteiger partial charge in [0.05, 0.1) is 11.7 Å². The molecule has 1 aliphatic rings. The van der Waals surface area contributed by atoms with Crippen LogP contribution in [0.1, 0.15) is 83.1 Å². The normalized spacial score (nSPS) is 14.9. The second-order valence-electron chi connectivity index (χ2n) is 7.43. The summed E-state index contributed by atoms with van der Waals surface area (Å²) in [6, 6.07) is 9.92. The number of rotatable bonds is 14. The van der Waals surface area contributed by atoms with Gasteiger partial charge in [-0.05, 0) is 12.0 Å². The molecule has 26 heavy (non-hydrogen) atoms. The van der Waals surface area contributed by atoms with Gasteiger partial charge < -0.3 is 9.84 Å². The maximum atomic E-state index is 11.7. The van der Waals surface area contributed by atoms with E-state index in [0.717, 1.165) is 24.0 Å². The van der Waals surface area contributed by atoms with Crippen LogP contribution < -0.4 is 0 Å². The Morgan fingerprint density at radius 2 is 1.54 bits per heavy atom. The number of aliphatic hydroxyl groups is 1. The minimum Gasteiger partial charge on any atom is -0.427 e. The summed E-state index contributed by atoms with van der Waals surface area (Å²) >= 11 is 0. The maximum Gasteiger partial charge on any atom is 0.342 e. The smallest absolute Gasteiger partial charge is 0.342 e. The van der Waals surface area contributed by atoms with Crippen LogP contribution in [0.15, 0.2) is 41.7 Å². The van der Waals surface area contributed by atoms with Crippen LogP contribution in [-0.4, -0.2) is 17.2 Å². The topological polar surface area (TPSA) is 46.5 Å². The van der Waals surface area contributed by atoms with Gasteiger partial charge in [-0.15, -0.1) is 0 Å². The molecule has 0 amide bonds. The summed E-state index contributed by atoms with van der Waals surface area (Å²) in [6.45, 7) is 2.25. The van der Waals surface area contributed by atoms with Crippen molar-refractivity contribution >= 4 is 5.97 Å². The average Bonchev–Trinajstić information content (AvgIpc) is 2.65. The number of aliphatic hydroxyl groups excluding tert-OH is 1. The third kappa shape index (κ3) is 7.33. The Labute approximate surface area is 158 Å². The van der Waals surface area contributed by atoms with E-state index >= 15 is 0 Å². The van der Waals surface area contributed by atoms with Crippen molar-refractivity contribution in [3.8, 4) is 0 Å². The Balaban J connectivity index is 1.60. The van der Waals surface area contributed by atoms with E-state index in [2.05, 4.69) is 6.92 Å².